The van der Waals surface area contributed by atoms with Crippen molar-refractivity contribution in [1.82, 2.24) is 19.9 Å². The quantitative estimate of drug-likeness (QED) is 0.655. The third-order valence-electron chi connectivity index (χ3n) is 4.58. The van der Waals surface area contributed by atoms with E-state index in [1.54, 1.807) is 13.4 Å². The molecule has 1 aliphatic rings. The maximum Gasteiger partial charge on any atom is 0.231 e. The number of nitrogens with zero attached hydrogens (tertiary/aromatic N) is 3. The number of rotatable bonds is 5. The average molecular weight is 338 g/mol. The first-order chi connectivity index (χ1) is 12.3. The highest BCUT2D eigenvalue weighted by Crippen LogP contribution is 2.26. The smallest absolute Gasteiger partial charge is 0.231 e. The minimum absolute atomic E-state index is 0.462. The van der Waals surface area contributed by atoms with Gasteiger partial charge in [0.1, 0.15) is 11.3 Å². The molecule has 3 aromatic rings. The number of anilines is 3. The highest BCUT2D eigenvalue weighted by Gasteiger charge is 2.17. The number of hydrogen-bond donors (Lipinski definition) is 3. The Balaban J connectivity index is 1.60. The van der Waals surface area contributed by atoms with Crippen LogP contribution in [0.2, 0.25) is 0 Å². The van der Waals surface area contributed by atoms with Crippen LogP contribution >= 0.6 is 0 Å². The van der Waals surface area contributed by atoms with Crippen molar-refractivity contribution in [1.29, 1.82) is 0 Å². The largest absolute Gasteiger partial charge is 0.497 e. The van der Waals surface area contributed by atoms with E-state index in [2.05, 4.69) is 30.6 Å². The molecule has 1 aromatic carbocycles. The zero-order chi connectivity index (χ0) is 17.1. The van der Waals surface area contributed by atoms with Crippen LogP contribution in [0.25, 0.3) is 11.2 Å². The molecule has 25 heavy (non-hydrogen) atoms. The maximum atomic E-state index is 5.19. The molecular formula is C18H22N6O. The summed E-state index contributed by atoms with van der Waals surface area (Å²) >= 11 is 0. The van der Waals surface area contributed by atoms with Crippen LogP contribution in [0.15, 0.2) is 30.6 Å². The lowest BCUT2D eigenvalue weighted by Crippen LogP contribution is -2.23. The van der Waals surface area contributed by atoms with Crippen LogP contribution in [0, 0.1) is 0 Å². The fraction of sp³-hybridized carbons (Fsp3) is 0.389. The van der Waals surface area contributed by atoms with Gasteiger partial charge in [-0.3, -0.25) is 0 Å². The number of ether oxygens (including phenoxy) is 1. The summed E-state index contributed by atoms with van der Waals surface area (Å²) in [7, 11) is 1.65. The van der Waals surface area contributed by atoms with Crippen LogP contribution in [-0.2, 0) is 0 Å². The summed E-state index contributed by atoms with van der Waals surface area (Å²) in [5, 5.41) is 6.82. The molecule has 1 saturated carbocycles. The van der Waals surface area contributed by atoms with Crippen LogP contribution < -0.4 is 15.4 Å². The van der Waals surface area contributed by atoms with Crippen LogP contribution in [0.5, 0.6) is 5.75 Å². The molecule has 0 spiro atoms. The van der Waals surface area contributed by atoms with E-state index >= 15 is 0 Å². The first-order valence-electron chi connectivity index (χ1n) is 8.70. The standard InChI is InChI=1S/C18H22N6O/c1-25-14-9-7-13(8-10-14)22-18-23-16-15(19-11-20-16)17(24-18)21-12-5-3-2-4-6-12/h7-12H,2-6H2,1H3,(H3,19,20,21,22,23,24). The van der Waals surface area contributed by atoms with Gasteiger partial charge < -0.3 is 20.4 Å². The Morgan fingerprint density at radius 3 is 2.64 bits per heavy atom. The van der Waals surface area contributed by atoms with Crippen molar-refractivity contribution >= 4 is 28.6 Å². The molecule has 130 valence electrons. The molecule has 2 heterocycles. The Kier molecular flexibility index (Phi) is 4.37. The van der Waals surface area contributed by atoms with Crippen molar-refractivity contribution < 1.29 is 4.74 Å². The van der Waals surface area contributed by atoms with E-state index in [1.165, 1.54) is 32.1 Å². The Morgan fingerprint density at radius 1 is 1.08 bits per heavy atom. The highest BCUT2D eigenvalue weighted by molar-refractivity contribution is 5.84. The Labute approximate surface area is 146 Å². The minimum Gasteiger partial charge on any atom is -0.497 e. The second-order valence-corrected chi connectivity index (χ2v) is 6.33. The van der Waals surface area contributed by atoms with E-state index in [4.69, 9.17) is 4.74 Å². The highest BCUT2D eigenvalue weighted by atomic mass is 16.5. The predicted octanol–water partition coefficient (Wildman–Crippen LogP) is 3.85. The number of nitrogens with one attached hydrogen (secondary N) is 3. The summed E-state index contributed by atoms with van der Waals surface area (Å²) < 4.78 is 5.19. The van der Waals surface area contributed by atoms with E-state index < -0.39 is 0 Å². The zero-order valence-corrected chi connectivity index (χ0v) is 14.2. The summed E-state index contributed by atoms with van der Waals surface area (Å²) in [5.74, 6) is 2.15. The van der Waals surface area contributed by atoms with Crippen LogP contribution in [0.4, 0.5) is 17.5 Å². The number of hydrogen-bond acceptors (Lipinski definition) is 6. The molecule has 1 fully saturated rings. The third kappa shape index (κ3) is 3.50. The fourth-order valence-corrected chi connectivity index (χ4v) is 3.24. The van der Waals surface area contributed by atoms with Crippen molar-refractivity contribution in [3.8, 4) is 5.75 Å². The molecule has 2 aromatic heterocycles. The lowest BCUT2D eigenvalue weighted by Gasteiger charge is -2.23. The molecule has 0 radical (unpaired) electrons. The van der Waals surface area contributed by atoms with Gasteiger partial charge in [-0.05, 0) is 37.1 Å². The van der Waals surface area contributed by atoms with E-state index in [-0.39, 0.29) is 0 Å². The van der Waals surface area contributed by atoms with E-state index in [1.807, 2.05) is 24.3 Å². The molecule has 4 rings (SSSR count). The number of aromatic amines is 1. The second kappa shape index (κ2) is 6.96. The molecule has 0 atom stereocenters. The Morgan fingerprint density at radius 2 is 1.88 bits per heavy atom. The molecule has 0 aliphatic heterocycles. The number of imidazole rings is 1. The van der Waals surface area contributed by atoms with Gasteiger partial charge in [-0.1, -0.05) is 19.3 Å². The molecule has 0 bridgehead atoms. The first kappa shape index (κ1) is 15.7. The molecule has 7 nitrogen and oxygen atoms in total. The van der Waals surface area contributed by atoms with Gasteiger partial charge in [0.25, 0.3) is 0 Å². The minimum atomic E-state index is 0.462. The van der Waals surface area contributed by atoms with Gasteiger partial charge in [0.2, 0.25) is 5.95 Å². The SMILES string of the molecule is COc1ccc(Nc2nc(NC3CCCCC3)c3[nH]cnc3n2)cc1. The number of fused-ring (bicyclic) bond motifs is 1. The fourth-order valence-electron chi connectivity index (χ4n) is 3.24. The predicted molar refractivity (Wildman–Crippen MR) is 98.5 cm³/mol. The van der Waals surface area contributed by atoms with Gasteiger partial charge in [0.05, 0.1) is 13.4 Å². The molecule has 0 unspecified atom stereocenters. The van der Waals surface area contributed by atoms with Gasteiger partial charge >= 0.3 is 0 Å². The maximum absolute atomic E-state index is 5.19. The van der Waals surface area contributed by atoms with Gasteiger partial charge in [0, 0.05) is 11.7 Å². The lowest BCUT2D eigenvalue weighted by molar-refractivity contribution is 0.415. The topological polar surface area (TPSA) is 87.8 Å². The summed E-state index contributed by atoms with van der Waals surface area (Å²) in [6.45, 7) is 0. The number of methoxy groups -OCH3 is 1. The first-order valence-corrected chi connectivity index (χ1v) is 8.70. The number of aromatic nitrogens is 4. The van der Waals surface area contributed by atoms with Gasteiger partial charge in [-0.2, -0.15) is 9.97 Å². The van der Waals surface area contributed by atoms with Crippen molar-refractivity contribution in [2.24, 2.45) is 0 Å². The van der Waals surface area contributed by atoms with Crippen LogP contribution in [0.3, 0.4) is 0 Å². The van der Waals surface area contributed by atoms with Gasteiger partial charge in [-0.15, -0.1) is 0 Å². The van der Waals surface area contributed by atoms with Crippen molar-refractivity contribution in [2.45, 2.75) is 38.1 Å². The lowest BCUT2D eigenvalue weighted by atomic mass is 9.95. The summed E-state index contributed by atoms with van der Waals surface area (Å²) in [6, 6.07) is 8.13. The summed E-state index contributed by atoms with van der Waals surface area (Å²) in [6.07, 6.45) is 7.88. The molecular weight excluding hydrogens is 316 g/mol. The monoisotopic (exact) mass is 338 g/mol. The Bertz CT molecular complexity index is 838. The van der Waals surface area contributed by atoms with E-state index in [0.29, 0.717) is 17.6 Å². The third-order valence-corrected chi connectivity index (χ3v) is 4.58. The van der Waals surface area contributed by atoms with E-state index in [9.17, 15) is 0 Å². The molecule has 1 aliphatic carbocycles. The number of H-pyrrole nitrogens is 1. The van der Waals surface area contributed by atoms with Crippen molar-refractivity contribution in [3.63, 3.8) is 0 Å². The average Bonchev–Trinajstić information content (AvgIpc) is 3.12. The van der Waals surface area contributed by atoms with E-state index in [0.717, 1.165) is 22.8 Å². The zero-order valence-electron chi connectivity index (χ0n) is 14.2. The summed E-state index contributed by atoms with van der Waals surface area (Å²) in [5.41, 5.74) is 2.41. The molecule has 0 saturated heterocycles. The molecule has 0 amide bonds. The molecule has 7 heteroatoms. The van der Waals surface area contributed by atoms with Gasteiger partial charge in [-0.25, -0.2) is 4.98 Å². The van der Waals surface area contributed by atoms with Crippen molar-refractivity contribution in [3.05, 3.63) is 30.6 Å². The van der Waals surface area contributed by atoms with Crippen LogP contribution in [0.1, 0.15) is 32.1 Å². The van der Waals surface area contributed by atoms with Gasteiger partial charge in [0.15, 0.2) is 11.5 Å². The van der Waals surface area contributed by atoms with Crippen molar-refractivity contribution in [2.75, 3.05) is 17.7 Å². The summed E-state index contributed by atoms with van der Waals surface area (Å²) in [4.78, 5) is 16.6. The second-order valence-electron chi connectivity index (χ2n) is 6.33. The molecule has 3 N–H and O–H groups in total. The Hall–Kier alpha value is -2.83. The number of benzene rings is 1. The van der Waals surface area contributed by atoms with Crippen LogP contribution in [-0.4, -0.2) is 33.1 Å². The normalized spacial score (nSPS) is 15.2.